The number of ether oxygens (including phenoxy) is 1. The highest BCUT2D eigenvalue weighted by Crippen LogP contribution is 2.39. The lowest BCUT2D eigenvalue weighted by Gasteiger charge is -2.42. The van der Waals surface area contributed by atoms with Gasteiger partial charge in [-0.3, -0.25) is 4.90 Å². The van der Waals surface area contributed by atoms with Crippen molar-refractivity contribution in [2.24, 2.45) is 0 Å². The zero-order chi connectivity index (χ0) is 25.2. The minimum Gasteiger partial charge on any atom is -0.457 e. The van der Waals surface area contributed by atoms with E-state index < -0.39 is 0 Å². The molecule has 37 heavy (non-hydrogen) atoms. The lowest BCUT2D eigenvalue weighted by molar-refractivity contribution is 0.103. The van der Waals surface area contributed by atoms with Gasteiger partial charge in [0.1, 0.15) is 29.3 Å². The number of nitrogens with two attached hydrogens (primary N) is 1. The third kappa shape index (κ3) is 4.93. The summed E-state index contributed by atoms with van der Waals surface area (Å²) in [6, 6.07) is 19.8. The molecule has 192 valence electrons. The van der Waals surface area contributed by atoms with Crippen LogP contribution in [0.25, 0.3) is 22.2 Å². The van der Waals surface area contributed by atoms with Gasteiger partial charge < -0.3 is 20.4 Å². The van der Waals surface area contributed by atoms with E-state index in [-0.39, 0.29) is 0 Å². The molecule has 1 saturated carbocycles. The topological polar surface area (TPSA) is 81.2 Å². The van der Waals surface area contributed by atoms with Gasteiger partial charge in [0, 0.05) is 49.5 Å². The highest BCUT2D eigenvalue weighted by molar-refractivity contribution is 6.00. The standard InChI is InChI=1S/C30H36N6O/c1-2-22-18-35(17-16-32-22)23-10-12-24(13-11-23)36-19-27(28-29(31)33-20-34-30(28)36)21-8-14-26(15-9-21)37-25-6-4-3-5-7-25/h3-9,14-15,19-20,22-24,32H,2,10-13,16-18H2,1H3,(H2,31,33,34)/t22-,23-,24-/m0/s1. The Morgan fingerprint density at radius 1 is 0.946 bits per heavy atom. The van der Waals surface area contributed by atoms with E-state index in [2.05, 4.69) is 45.0 Å². The van der Waals surface area contributed by atoms with Crippen molar-refractivity contribution in [3.05, 3.63) is 67.1 Å². The molecule has 2 fully saturated rings. The average molecular weight is 497 g/mol. The van der Waals surface area contributed by atoms with Crippen molar-refractivity contribution in [2.75, 3.05) is 25.4 Å². The maximum absolute atomic E-state index is 6.41. The molecular weight excluding hydrogens is 460 g/mol. The van der Waals surface area contributed by atoms with Crippen LogP contribution in [-0.4, -0.2) is 51.2 Å². The zero-order valence-electron chi connectivity index (χ0n) is 21.5. The Kier molecular flexibility index (Phi) is 6.81. The Morgan fingerprint density at radius 2 is 1.68 bits per heavy atom. The molecule has 1 aliphatic carbocycles. The summed E-state index contributed by atoms with van der Waals surface area (Å²) in [4.78, 5) is 11.7. The molecule has 6 rings (SSSR count). The van der Waals surface area contributed by atoms with Crippen LogP contribution in [0.4, 0.5) is 5.82 Å². The summed E-state index contributed by atoms with van der Waals surface area (Å²) in [5.74, 6) is 2.16. The normalized spacial score (nSPS) is 22.8. The lowest BCUT2D eigenvalue weighted by atomic mass is 9.89. The first-order chi connectivity index (χ1) is 18.2. The molecule has 2 aromatic heterocycles. The zero-order valence-corrected chi connectivity index (χ0v) is 21.5. The molecule has 3 N–H and O–H groups in total. The summed E-state index contributed by atoms with van der Waals surface area (Å²) in [5.41, 5.74) is 9.51. The van der Waals surface area contributed by atoms with E-state index in [4.69, 9.17) is 15.5 Å². The van der Waals surface area contributed by atoms with Crippen LogP contribution >= 0.6 is 0 Å². The van der Waals surface area contributed by atoms with E-state index in [1.54, 1.807) is 6.33 Å². The van der Waals surface area contributed by atoms with Gasteiger partial charge in [0.05, 0.1) is 5.39 Å². The Bertz CT molecular complexity index is 1330. The Morgan fingerprint density at radius 3 is 2.43 bits per heavy atom. The summed E-state index contributed by atoms with van der Waals surface area (Å²) in [6.45, 7) is 5.73. The number of nitrogens with zero attached hydrogens (tertiary/aromatic N) is 4. The molecule has 0 spiro atoms. The predicted octanol–water partition coefficient (Wildman–Crippen LogP) is 5.64. The number of aromatic nitrogens is 3. The van der Waals surface area contributed by atoms with Crippen LogP contribution in [-0.2, 0) is 0 Å². The van der Waals surface area contributed by atoms with Gasteiger partial charge in [-0.15, -0.1) is 0 Å². The van der Waals surface area contributed by atoms with Gasteiger partial charge in [-0.2, -0.15) is 0 Å². The van der Waals surface area contributed by atoms with E-state index >= 15 is 0 Å². The maximum Gasteiger partial charge on any atom is 0.146 e. The number of benzene rings is 2. The Balaban J connectivity index is 1.23. The molecule has 1 atom stereocenters. The SMILES string of the molecule is CC[C@H]1CN([C@H]2CC[C@H](n3cc(-c4ccc(Oc5ccccc5)cc4)c4c(N)ncnc43)CC2)CCN1. The van der Waals surface area contributed by atoms with Crippen molar-refractivity contribution >= 4 is 16.9 Å². The molecule has 0 radical (unpaired) electrons. The van der Waals surface area contributed by atoms with Gasteiger partial charge in [-0.1, -0.05) is 37.3 Å². The van der Waals surface area contributed by atoms with Crippen molar-refractivity contribution < 1.29 is 4.74 Å². The quantitative estimate of drug-likeness (QED) is 0.360. The third-order valence-corrected chi connectivity index (χ3v) is 8.14. The molecule has 0 bridgehead atoms. The van der Waals surface area contributed by atoms with Gasteiger partial charge in [-0.25, -0.2) is 9.97 Å². The molecular formula is C30H36N6O. The maximum atomic E-state index is 6.41. The highest BCUT2D eigenvalue weighted by atomic mass is 16.5. The number of nitrogen functional groups attached to an aromatic ring is 1. The largest absolute Gasteiger partial charge is 0.457 e. The highest BCUT2D eigenvalue weighted by Gasteiger charge is 2.30. The summed E-state index contributed by atoms with van der Waals surface area (Å²) in [5, 5.41) is 4.59. The molecule has 2 aliphatic rings. The minimum absolute atomic E-state index is 0.423. The van der Waals surface area contributed by atoms with Crippen molar-refractivity contribution in [2.45, 2.75) is 57.2 Å². The van der Waals surface area contributed by atoms with Crippen LogP contribution in [0, 0.1) is 0 Å². The van der Waals surface area contributed by atoms with Crippen molar-refractivity contribution in [3.63, 3.8) is 0 Å². The van der Waals surface area contributed by atoms with Crippen LogP contribution in [0.5, 0.6) is 11.5 Å². The van der Waals surface area contributed by atoms with Gasteiger partial charge in [0.15, 0.2) is 0 Å². The van der Waals surface area contributed by atoms with Crippen LogP contribution in [0.1, 0.15) is 45.1 Å². The second kappa shape index (κ2) is 10.5. The summed E-state index contributed by atoms with van der Waals surface area (Å²) >= 11 is 0. The molecule has 2 aromatic carbocycles. The Labute approximate surface area is 218 Å². The average Bonchev–Trinajstić information content (AvgIpc) is 3.35. The minimum atomic E-state index is 0.423. The molecule has 1 saturated heterocycles. The fourth-order valence-corrected chi connectivity index (χ4v) is 6.09. The second-order valence-corrected chi connectivity index (χ2v) is 10.4. The molecule has 3 heterocycles. The first kappa shape index (κ1) is 23.9. The second-order valence-electron chi connectivity index (χ2n) is 10.4. The van der Waals surface area contributed by atoms with Crippen molar-refractivity contribution in [1.82, 2.24) is 24.8 Å². The fourth-order valence-electron chi connectivity index (χ4n) is 6.09. The van der Waals surface area contributed by atoms with Gasteiger partial charge in [0.2, 0.25) is 0 Å². The van der Waals surface area contributed by atoms with E-state index in [0.29, 0.717) is 23.9 Å². The smallest absolute Gasteiger partial charge is 0.146 e. The summed E-state index contributed by atoms with van der Waals surface area (Å²) in [7, 11) is 0. The molecule has 7 heteroatoms. The van der Waals surface area contributed by atoms with Crippen LogP contribution in [0.3, 0.4) is 0 Å². The molecule has 0 amide bonds. The Hall–Kier alpha value is -3.42. The van der Waals surface area contributed by atoms with Gasteiger partial charge in [-0.05, 0) is 61.9 Å². The summed E-state index contributed by atoms with van der Waals surface area (Å²) < 4.78 is 8.35. The van der Waals surface area contributed by atoms with Gasteiger partial charge in [0.25, 0.3) is 0 Å². The predicted molar refractivity (Wildman–Crippen MR) is 149 cm³/mol. The number of anilines is 1. The summed E-state index contributed by atoms with van der Waals surface area (Å²) in [6.07, 6.45) is 9.79. The number of hydrogen-bond donors (Lipinski definition) is 2. The van der Waals surface area contributed by atoms with E-state index in [0.717, 1.165) is 59.6 Å². The van der Waals surface area contributed by atoms with E-state index in [1.807, 2.05) is 42.5 Å². The molecule has 0 unspecified atom stereocenters. The number of fused-ring (bicyclic) bond motifs is 1. The molecule has 4 aromatic rings. The number of para-hydroxylation sites is 1. The first-order valence-corrected chi connectivity index (χ1v) is 13.6. The number of rotatable bonds is 6. The van der Waals surface area contributed by atoms with Crippen LogP contribution < -0.4 is 15.8 Å². The number of nitrogens with one attached hydrogen (secondary N) is 1. The first-order valence-electron chi connectivity index (χ1n) is 13.6. The molecule has 7 nitrogen and oxygen atoms in total. The van der Waals surface area contributed by atoms with E-state index in [9.17, 15) is 0 Å². The molecule has 1 aliphatic heterocycles. The third-order valence-electron chi connectivity index (χ3n) is 8.14. The van der Waals surface area contributed by atoms with Gasteiger partial charge >= 0.3 is 0 Å². The monoisotopic (exact) mass is 496 g/mol. The number of hydrogen-bond acceptors (Lipinski definition) is 6. The van der Waals surface area contributed by atoms with Crippen molar-refractivity contribution in [1.29, 1.82) is 0 Å². The fraction of sp³-hybridized carbons (Fsp3) is 0.400. The van der Waals surface area contributed by atoms with E-state index in [1.165, 1.54) is 25.8 Å². The van der Waals surface area contributed by atoms with Crippen LogP contribution in [0.15, 0.2) is 67.1 Å². The van der Waals surface area contributed by atoms with Crippen molar-refractivity contribution in [3.8, 4) is 22.6 Å². The lowest BCUT2D eigenvalue weighted by Crippen LogP contribution is -2.54. The van der Waals surface area contributed by atoms with Crippen LogP contribution in [0.2, 0.25) is 0 Å². The number of piperazine rings is 1.